The molecule has 0 unspecified atom stereocenters. The summed E-state index contributed by atoms with van der Waals surface area (Å²) in [6, 6.07) is 3.46. The third-order valence-corrected chi connectivity index (χ3v) is 2.48. The second kappa shape index (κ2) is 5.79. The van der Waals surface area contributed by atoms with Crippen molar-refractivity contribution in [3.05, 3.63) is 23.8 Å². The average Bonchev–Trinajstić information content (AvgIpc) is 2.29. The number of carbonyl (C=O) groups is 2. The van der Waals surface area contributed by atoms with Gasteiger partial charge in [0.05, 0.1) is 17.8 Å². The quantitative estimate of drug-likeness (QED) is 0.623. The van der Waals surface area contributed by atoms with Gasteiger partial charge in [0.2, 0.25) is 0 Å². The Hall–Kier alpha value is -2.28. The van der Waals surface area contributed by atoms with E-state index in [1.54, 1.807) is 13.8 Å². The third kappa shape index (κ3) is 4.13. The summed E-state index contributed by atoms with van der Waals surface area (Å²) in [6.07, 6.45) is 0. The first kappa shape index (κ1) is 15.8. The second-order valence-corrected chi connectivity index (χ2v) is 5.11. The van der Waals surface area contributed by atoms with Crippen LogP contribution in [0.1, 0.15) is 24.2 Å². The van der Waals surface area contributed by atoms with Crippen molar-refractivity contribution >= 4 is 17.7 Å². The number of phenols is 1. The molecular formula is C13H18N2O5. The van der Waals surface area contributed by atoms with Crippen LogP contribution in [-0.2, 0) is 0 Å². The van der Waals surface area contributed by atoms with E-state index in [0.717, 1.165) is 0 Å². The fraction of sp³-hybridized carbons (Fsp3) is 0.385. The normalized spacial score (nSPS) is 11.0. The number of hydrogen-bond acceptors (Lipinski definition) is 4. The number of carboxylic acid groups (broad SMARTS) is 1. The van der Waals surface area contributed by atoms with Crippen molar-refractivity contribution < 1.29 is 24.9 Å². The molecule has 1 rings (SSSR count). The van der Waals surface area contributed by atoms with Crippen LogP contribution >= 0.6 is 0 Å². The van der Waals surface area contributed by atoms with E-state index < -0.39 is 23.4 Å². The van der Waals surface area contributed by atoms with Gasteiger partial charge < -0.3 is 25.5 Å². The van der Waals surface area contributed by atoms with E-state index in [1.165, 1.54) is 30.1 Å². The maximum absolute atomic E-state index is 11.9. The van der Waals surface area contributed by atoms with Crippen molar-refractivity contribution in [2.75, 3.05) is 18.9 Å². The van der Waals surface area contributed by atoms with Gasteiger partial charge in [-0.3, -0.25) is 0 Å². The molecule has 0 aliphatic carbocycles. The van der Waals surface area contributed by atoms with Crippen LogP contribution in [0.25, 0.3) is 0 Å². The van der Waals surface area contributed by atoms with E-state index in [-0.39, 0.29) is 17.8 Å². The van der Waals surface area contributed by atoms with Crippen molar-refractivity contribution in [1.29, 1.82) is 0 Å². The number of anilines is 1. The van der Waals surface area contributed by atoms with Crippen LogP contribution in [0.3, 0.4) is 0 Å². The zero-order valence-electron chi connectivity index (χ0n) is 11.5. The Balaban J connectivity index is 2.86. The summed E-state index contributed by atoms with van der Waals surface area (Å²) in [6.45, 7) is 3.19. The molecule has 4 N–H and O–H groups in total. The van der Waals surface area contributed by atoms with Gasteiger partial charge in [-0.15, -0.1) is 0 Å². The Kier molecular flexibility index (Phi) is 4.57. The molecule has 2 amide bonds. The van der Waals surface area contributed by atoms with Gasteiger partial charge in [-0.05, 0) is 26.0 Å². The maximum atomic E-state index is 11.9. The molecule has 0 atom stereocenters. The maximum Gasteiger partial charge on any atom is 0.339 e. The second-order valence-electron chi connectivity index (χ2n) is 5.11. The first-order valence-electron chi connectivity index (χ1n) is 5.91. The highest BCUT2D eigenvalue weighted by atomic mass is 16.4. The van der Waals surface area contributed by atoms with Crippen LogP contribution in [0, 0.1) is 0 Å². The molecule has 110 valence electrons. The van der Waals surface area contributed by atoms with Crippen molar-refractivity contribution in [2.45, 2.75) is 19.4 Å². The summed E-state index contributed by atoms with van der Waals surface area (Å²) >= 11 is 0. The molecule has 0 aliphatic heterocycles. The lowest BCUT2D eigenvalue weighted by atomic mass is 10.1. The van der Waals surface area contributed by atoms with Gasteiger partial charge in [0.15, 0.2) is 5.75 Å². The van der Waals surface area contributed by atoms with Crippen LogP contribution in [0.15, 0.2) is 18.2 Å². The fourth-order valence-corrected chi connectivity index (χ4v) is 1.68. The topological polar surface area (TPSA) is 110 Å². The Morgan fingerprint density at radius 2 is 1.95 bits per heavy atom. The largest absolute Gasteiger partial charge is 0.505 e. The Bertz CT molecular complexity index is 522. The zero-order valence-corrected chi connectivity index (χ0v) is 11.5. The number of carbonyl (C=O) groups excluding carboxylic acids is 1. The molecule has 0 fully saturated rings. The van der Waals surface area contributed by atoms with E-state index in [0.29, 0.717) is 0 Å². The van der Waals surface area contributed by atoms with E-state index in [2.05, 4.69) is 5.32 Å². The summed E-state index contributed by atoms with van der Waals surface area (Å²) in [4.78, 5) is 24.0. The Morgan fingerprint density at radius 1 is 1.35 bits per heavy atom. The Labute approximate surface area is 116 Å². The highest BCUT2D eigenvalue weighted by Crippen LogP contribution is 2.27. The van der Waals surface area contributed by atoms with Crippen molar-refractivity contribution in [3.63, 3.8) is 0 Å². The third-order valence-electron chi connectivity index (χ3n) is 2.48. The summed E-state index contributed by atoms with van der Waals surface area (Å²) in [5.41, 5.74) is -1.36. The van der Waals surface area contributed by atoms with E-state index in [4.69, 9.17) is 5.11 Å². The number of rotatable bonds is 4. The highest BCUT2D eigenvalue weighted by Gasteiger charge is 2.21. The van der Waals surface area contributed by atoms with Gasteiger partial charge in [-0.1, -0.05) is 6.07 Å². The summed E-state index contributed by atoms with van der Waals surface area (Å²) in [5.74, 6) is -1.80. The number of aromatic hydroxyl groups is 1. The van der Waals surface area contributed by atoms with Gasteiger partial charge in [0.1, 0.15) is 5.56 Å². The SMILES string of the molecule is CN(CC(C)(C)O)C(=O)Nc1cccc(C(=O)O)c1O. The van der Waals surface area contributed by atoms with Gasteiger partial charge in [-0.2, -0.15) is 0 Å². The van der Waals surface area contributed by atoms with Crippen LogP contribution in [0.4, 0.5) is 10.5 Å². The molecule has 20 heavy (non-hydrogen) atoms. The number of urea groups is 1. The molecular weight excluding hydrogens is 264 g/mol. The number of hydrogen-bond donors (Lipinski definition) is 4. The molecule has 0 heterocycles. The zero-order chi connectivity index (χ0) is 15.5. The summed E-state index contributed by atoms with van der Waals surface area (Å²) in [5, 5.41) is 30.6. The number of carboxylic acids is 1. The number of nitrogens with zero attached hydrogens (tertiary/aromatic N) is 1. The lowest BCUT2D eigenvalue weighted by Gasteiger charge is -2.25. The smallest absolute Gasteiger partial charge is 0.339 e. The number of aliphatic hydroxyl groups is 1. The highest BCUT2D eigenvalue weighted by molar-refractivity contribution is 5.97. The molecule has 1 aromatic rings. The molecule has 0 bridgehead atoms. The van der Waals surface area contributed by atoms with Crippen molar-refractivity contribution in [1.82, 2.24) is 4.90 Å². The lowest BCUT2D eigenvalue weighted by molar-refractivity contribution is 0.0550. The van der Waals surface area contributed by atoms with Crippen molar-refractivity contribution in [2.24, 2.45) is 0 Å². The fourth-order valence-electron chi connectivity index (χ4n) is 1.68. The number of likely N-dealkylation sites (N-methyl/N-ethyl adjacent to an activating group) is 1. The predicted octanol–water partition coefficient (Wildman–Crippen LogP) is 1.33. The van der Waals surface area contributed by atoms with E-state index in [9.17, 15) is 19.8 Å². The Morgan fingerprint density at radius 3 is 2.45 bits per heavy atom. The minimum atomic E-state index is -1.29. The predicted molar refractivity (Wildman–Crippen MR) is 73.0 cm³/mol. The van der Waals surface area contributed by atoms with E-state index in [1.807, 2.05) is 0 Å². The summed E-state index contributed by atoms with van der Waals surface area (Å²) in [7, 11) is 1.48. The molecule has 0 aliphatic rings. The minimum Gasteiger partial charge on any atom is -0.505 e. The molecule has 0 saturated heterocycles. The van der Waals surface area contributed by atoms with Gasteiger partial charge in [0.25, 0.3) is 0 Å². The van der Waals surface area contributed by atoms with Crippen molar-refractivity contribution in [3.8, 4) is 5.75 Å². The minimum absolute atomic E-state index is 0.00232. The summed E-state index contributed by atoms with van der Waals surface area (Å²) < 4.78 is 0. The number of benzene rings is 1. The standard InChI is InChI=1S/C13H18N2O5/c1-13(2,20)7-15(3)12(19)14-9-6-4-5-8(10(9)16)11(17)18/h4-6,16,20H,7H2,1-3H3,(H,14,19)(H,17,18). The van der Waals surface area contributed by atoms with E-state index >= 15 is 0 Å². The monoisotopic (exact) mass is 282 g/mol. The number of aromatic carboxylic acids is 1. The number of amides is 2. The van der Waals surface area contributed by atoms with Crippen LogP contribution in [-0.4, -0.2) is 51.4 Å². The molecule has 0 radical (unpaired) electrons. The number of nitrogens with one attached hydrogen (secondary N) is 1. The molecule has 0 aromatic heterocycles. The van der Waals surface area contributed by atoms with Gasteiger partial charge in [-0.25, -0.2) is 9.59 Å². The molecule has 1 aromatic carbocycles. The first-order chi connectivity index (χ1) is 9.11. The molecule has 0 saturated carbocycles. The first-order valence-corrected chi connectivity index (χ1v) is 5.91. The average molecular weight is 282 g/mol. The number of para-hydroxylation sites is 1. The molecule has 7 nitrogen and oxygen atoms in total. The van der Waals surface area contributed by atoms with Crippen LogP contribution < -0.4 is 5.32 Å². The van der Waals surface area contributed by atoms with Crippen LogP contribution in [0.2, 0.25) is 0 Å². The van der Waals surface area contributed by atoms with Gasteiger partial charge >= 0.3 is 12.0 Å². The lowest BCUT2D eigenvalue weighted by Crippen LogP contribution is -2.41. The molecule has 0 spiro atoms. The molecule has 7 heteroatoms. The van der Waals surface area contributed by atoms with Crippen LogP contribution in [0.5, 0.6) is 5.75 Å². The van der Waals surface area contributed by atoms with Gasteiger partial charge in [0, 0.05) is 7.05 Å².